The second-order valence-electron chi connectivity index (χ2n) is 3.47. The van der Waals surface area contributed by atoms with E-state index >= 15 is 0 Å². The Morgan fingerprint density at radius 3 is 1.07 bits per heavy atom. The van der Waals surface area contributed by atoms with Crippen molar-refractivity contribution < 1.29 is 10.2 Å². The fourth-order valence-electron chi connectivity index (χ4n) is 1.10. The molecular formula is C12H20O2. The summed E-state index contributed by atoms with van der Waals surface area (Å²) < 4.78 is 0. The van der Waals surface area contributed by atoms with Gasteiger partial charge in [-0.2, -0.15) is 0 Å². The Labute approximate surface area is 86.2 Å². The number of hydrogen-bond donors (Lipinski definition) is 2. The molecule has 2 nitrogen and oxygen atoms in total. The number of benzene rings is 1. The lowest BCUT2D eigenvalue weighted by Gasteiger charge is -2.04. The quantitative estimate of drug-likeness (QED) is 0.720. The second-order valence-corrected chi connectivity index (χ2v) is 3.47. The van der Waals surface area contributed by atoms with Crippen molar-refractivity contribution in [1.29, 1.82) is 0 Å². The van der Waals surface area contributed by atoms with Crippen LogP contribution in [0.25, 0.3) is 0 Å². The number of aliphatic hydroxyl groups excluding tert-OH is 2. The van der Waals surface area contributed by atoms with E-state index in [-0.39, 0.29) is 13.2 Å². The summed E-state index contributed by atoms with van der Waals surface area (Å²) in [6, 6.07) is 4.48. The lowest BCUT2D eigenvalue weighted by molar-refractivity contribution is 0.186. The van der Waals surface area contributed by atoms with Crippen molar-refractivity contribution in [3.8, 4) is 0 Å². The zero-order valence-corrected chi connectivity index (χ0v) is 9.46. The molecule has 0 spiro atoms. The molecule has 80 valence electrons. The van der Waals surface area contributed by atoms with Crippen LogP contribution in [0.5, 0.6) is 0 Å². The largest absolute Gasteiger partial charge is 0.394 e. The number of aryl methyl sites for hydroxylation is 4. The molecule has 0 fully saturated rings. The van der Waals surface area contributed by atoms with Crippen molar-refractivity contribution in [3.05, 3.63) is 34.4 Å². The van der Waals surface area contributed by atoms with E-state index in [2.05, 4.69) is 39.8 Å². The summed E-state index contributed by atoms with van der Waals surface area (Å²) in [6.45, 7) is 8.37. The third-order valence-corrected chi connectivity index (χ3v) is 2.21. The van der Waals surface area contributed by atoms with E-state index in [1.807, 2.05) is 0 Å². The van der Waals surface area contributed by atoms with Crippen molar-refractivity contribution in [2.45, 2.75) is 27.7 Å². The summed E-state index contributed by atoms with van der Waals surface area (Å²) in [5.41, 5.74) is 5.57. The minimum atomic E-state index is -0.125. The van der Waals surface area contributed by atoms with Gasteiger partial charge in [-0.05, 0) is 49.9 Å². The molecule has 0 radical (unpaired) electrons. The van der Waals surface area contributed by atoms with Gasteiger partial charge in [0.05, 0.1) is 13.2 Å². The van der Waals surface area contributed by atoms with E-state index < -0.39 is 0 Å². The average molecular weight is 196 g/mol. The second kappa shape index (κ2) is 6.57. The van der Waals surface area contributed by atoms with Crippen molar-refractivity contribution in [2.24, 2.45) is 0 Å². The SMILES string of the molecule is Cc1cc(C)c(C)cc1C.OCCO. The first-order valence-corrected chi connectivity index (χ1v) is 4.79. The molecule has 0 saturated carbocycles. The lowest BCUT2D eigenvalue weighted by Crippen LogP contribution is -1.86. The Bertz CT molecular complexity index is 228. The van der Waals surface area contributed by atoms with E-state index in [4.69, 9.17) is 10.2 Å². The van der Waals surface area contributed by atoms with Gasteiger partial charge in [-0.3, -0.25) is 0 Å². The standard InChI is InChI=1S/C10H14.C2H6O2/c1-7-5-9(3)10(4)6-8(7)2;3-1-2-4/h5-6H,1-4H3;3-4H,1-2H2. The highest BCUT2D eigenvalue weighted by Crippen LogP contribution is 2.13. The Balaban J connectivity index is 0.000000364. The Morgan fingerprint density at radius 2 is 0.929 bits per heavy atom. The van der Waals surface area contributed by atoms with Crippen LogP contribution >= 0.6 is 0 Å². The van der Waals surface area contributed by atoms with Gasteiger partial charge >= 0.3 is 0 Å². The zero-order valence-electron chi connectivity index (χ0n) is 9.46. The summed E-state index contributed by atoms with van der Waals surface area (Å²) in [6.07, 6.45) is 0. The van der Waals surface area contributed by atoms with Crippen LogP contribution in [0.2, 0.25) is 0 Å². The molecular weight excluding hydrogens is 176 g/mol. The van der Waals surface area contributed by atoms with Crippen LogP contribution in [-0.4, -0.2) is 23.4 Å². The maximum atomic E-state index is 7.62. The smallest absolute Gasteiger partial charge is 0.0662 e. The molecule has 0 bridgehead atoms. The van der Waals surface area contributed by atoms with Crippen molar-refractivity contribution in [1.82, 2.24) is 0 Å². The summed E-state index contributed by atoms with van der Waals surface area (Å²) in [5, 5.41) is 15.2. The zero-order chi connectivity index (χ0) is 11.1. The topological polar surface area (TPSA) is 40.5 Å². The first-order chi connectivity index (χ1) is 6.52. The molecule has 0 amide bonds. The minimum absolute atomic E-state index is 0.125. The van der Waals surface area contributed by atoms with Crippen molar-refractivity contribution >= 4 is 0 Å². The van der Waals surface area contributed by atoms with Gasteiger partial charge in [0.25, 0.3) is 0 Å². The predicted octanol–water partition coefficient (Wildman–Crippen LogP) is 1.89. The molecule has 0 aliphatic rings. The van der Waals surface area contributed by atoms with Gasteiger partial charge in [-0.25, -0.2) is 0 Å². The molecule has 2 heteroatoms. The Kier molecular flexibility index (Phi) is 6.17. The predicted molar refractivity (Wildman–Crippen MR) is 59.6 cm³/mol. The first kappa shape index (κ1) is 13.1. The van der Waals surface area contributed by atoms with Crippen LogP contribution < -0.4 is 0 Å². The van der Waals surface area contributed by atoms with Gasteiger partial charge in [-0.1, -0.05) is 12.1 Å². The average Bonchev–Trinajstić information content (AvgIpc) is 2.15. The van der Waals surface area contributed by atoms with Crippen LogP contribution in [0.1, 0.15) is 22.3 Å². The molecule has 0 heterocycles. The van der Waals surface area contributed by atoms with E-state index in [1.54, 1.807) is 0 Å². The van der Waals surface area contributed by atoms with Crippen LogP contribution in [0.3, 0.4) is 0 Å². The van der Waals surface area contributed by atoms with Crippen LogP contribution in [0.15, 0.2) is 12.1 Å². The molecule has 0 aliphatic heterocycles. The van der Waals surface area contributed by atoms with Gasteiger partial charge in [0, 0.05) is 0 Å². The molecule has 0 saturated heterocycles. The summed E-state index contributed by atoms with van der Waals surface area (Å²) >= 11 is 0. The van der Waals surface area contributed by atoms with Crippen molar-refractivity contribution in [3.63, 3.8) is 0 Å². The van der Waals surface area contributed by atoms with E-state index in [1.165, 1.54) is 22.3 Å². The molecule has 0 aromatic heterocycles. The van der Waals surface area contributed by atoms with Crippen LogP contribution in [0.4, 0.5) is 0 Å². The monoisotopic (exact) mass is 196 g/mol. The van der Waals surface area contributed by atoms with Crippen molar-refractivity contribution in [2.75, 3.05) is 13.2 Å². The molecule has 0 atom stereocenters. The number of hydrogen-bond acceptors (Lipinski definition) is 2. The van der Waals surface area contributed by atoms with Crippen LogP contribution in [0, 0.1) is 27.7 Å². The molecule has 1 aromatic carbocycles. The molecule has 0 unspecified atom stereocenters. The van der Waals surface area contributed by atoms with Gasteiger partial charge in [0.15, 0.2) is 0 Å². The third kappa shape index (κ3) is 4.40. The van der Waals surface area contributed by atoms with Crippen LogP contribution in [-0.2, 0) is 0 Å². The van der Waals surface area contributed by atoms with E-state index in [0.717, 1.165) is 0 Å². The highest BCUT2D eigenvalue weighted by atomic mass is 16.3. The normalized spacial score (nSPS) is 9.29. The fraction of sp³-hybridized carbons (Fsp3) is 0.500. The molecule has 0 aliphatic carbocycles. The van der Waals surface area contributed by atoms with Gasteiger partial charge in [0.1, 0.15) is 0 Å². The number of rotatable bonds is 1. The summed E-state index contributed by atoms with van der Waals surface area (Å²) in [5.74, 6) is 0. The molecule has 14 heavy (non-hydrogen) atoms. The maximum Gasteiger partial charge on any atom is 0.0662 e. The summed E-state index contributed by atoms with van der Waals surface area (Å²) in [4.78, 5) is 0. The van der Waals surface area contributed by atoms with Gasteiger partial charge in [0.2, 0.25) is 0 Å². The first-order valence-electron chi connectivity index (χ1n) is 4.79. The highest BCUT2D eigenvalue weighted by molar-refractivity contribution is 5.35. The fourth-order valence-corrected chi connectivity index (χ4v) is 1.10. The highest BCUT2D eigenvalue weighted by Gasteiger charge is 1.95. The number of aliphatic hydroxyl groups is 2. The molecule has 1 aromatic rings. The Hall–Kier alpha value is -0.860. The lowest BCUT2D eigenvalue weighted by atomic mass is 10.0. The molecule has 1 rings (SSSR count). The van der Waals surface area contributed by atoms with Gasteiger partial charge in [-0.15, -0.1) is 0 Å². The maximum absolute atomic E-state index is 7.62. The third-order valence-electron chi connectivity index (χ3n) is 2.21. The molecule has 2 N–H and O–H groups in total. The van der Waals surface area contributed by atoms with E-state index in [9.17, 15) is 0 Å². The summed E-state index contributed by atoms with van der Waals surface area (Å²) in [7, 11) is 0. The van der Waals surface area contributed by atoms with E-state index in [0.29, 0.717) is 0 Å². The Morgan fingerprint density at radius 1 is 0.714 bits per heavy atom. The minimum Gasteiger partial charge on any atom is -0.394 e. The van der Waals surface area contributed by atoms with Gasteiger partial charge < -0.3 is 10.2 Å².